The van der Waals surface area contributed by atoms with Gasteiger partial charge >= 0.3 is 0 Å². The number of benzene rings is 1. The maximum Gasteiger partial charge on any atom is 0.225 e. The van der Waals surface area contributed by atoms with Crippen LogP contribution in [0.5, 0.6) is 0 Å². The van der Waals surface area contributed by atoms with Gasteiger partial charge in [0.05, 0.1) is 18.6 Å². The molecule has 1 N–H and O–H groups in total. The number of fused-ring (bicyclic) bond motifs is 2. The lowest BCUT2D eigenvalue weighted by Gasteiger charge is -2.42. The van der Waals surface area contributed by atoms with Gasteiger partial charge in [-0.25, -0.2) is 4.39 Å². The number of likely N-dealkylation sites (tertiary alicyclic amines) is 1. The summed E-state index contributed by atoms with van der Waals surface area (Å²) in [5, 5.41) is 10.3. The van der Waals surface area contributed by atoms with Crippen LogP contribution in [0.4, 0.5) is 10.1 Å². The van der Waals surface area contributed by atoms with E-state index in [0.29, 0.717) is 19.7 Å². The van der Waals surface area contributed by atoms with Gasteiger partial charge in [0.15, 0.2) is 0 Å². The van der Waals surface area contributed by atoms with Crippen LogP contribution in [0.1, 0.15) is 44.1 Å². The average Bonchev–Trinajstić information content (AvgIpc) is 2.92. The number of aliphatic hydroxyl groups is 1. The lowest BCUT2D eigenvalue weighted by Crippen LogP contribution is -2.50. The number of hydrogen-bond donors (Lipinski definition) is 1. The molecule has 27 heavy (non-hydrogen) atoms. The minimum Gasteiger partial charge on any atom is -0.389 e. The maximum absolute atomic E-state index is 14.0. The Bertz CT molecular complexity index is 711. The molecular weight excluding hydrogens is 347 g/mol. The Morgan fingerprint density at radius 1 is 1.26 bits per heavy atom. The van der Waals surface area contributed by atoms with Crippen molar-refractivity contribution in [2.75, 3.05) is 44.8 Å². The number of carbonyl (C=O) groups excluding carboxylic acids is 1. The lowest BCUT2D eigenvalue weighted by molar-refractivity contribution is -0.141. The highest BCUT2D eigenvalue weighted by atomic mass is 19.1. The van der Waals surface area contributed by atoms with Crippen molar-refractivity contribution in [3.8, 4) is 0 Å². The second-order valence-electron chi connectivity index (χ2n) is 8.49. The number of ether oxygens (including phenoxy) is 1. The summed E-state index contributed by atoms with van der Waals surface area (Å²) in [6.45, 7) is 3.61. The largest absolute Gasteiger partial charge is 0.389 e. The standard InChI is InChI=1S/C21H29FN2O3/c1-27-12-11-24-15-20(17-13-16(22)3-4-18(17)24)7-9-23(10-8-20)19(25)14-21(26)5-2-6-21/h3-4,13,26H,2,5-12,14-15H2,1H3. The van der Waals surface area contributed by atoms with Crippen LogP contribution in [0, 0.1) is 5.82 Å². The Kier molecular flexibility index (Phi) is 4.89. The minimum atomic E-state index is -0.772. The van der Waals surface area contributed by atoms with E-state index in [4.69, 9.17) is 4.74 Å². The van der Waals surface area contributed by atoms with Gasteiger partial charge in [0.1, 0.15) is 5.82 Å². The first-order chi connectivity index (χ1) is 12.9. The normalized spacial score (nSPS) is 22.6. The Hall–Kier alpha value is -1.66. The van der Waals surface area contributed by atoms with Crippen LogP contribution < -0.4 is 4.90 Å². The molecule has 1 saturated carbocycles. The van der Waals surface area contributed by atoms with E-state index in [1.54, 1.807) is 13.2 Å². The number of piperidine rings is 1. The van der Waals surface area contributed by atoms with Gasteiger partial charge in [-0.05, 0) is 55.9 Å². The van der Waals surface area contributed by atoms with Crippen molar-refractivity contribution in [1.29, 1.82) is 0 Å². The highest BCUT2D eigenvalue weighted by Crippen LogP contribution is 2.47. The molecule has 1 saturated heterocycles. The molecule has 0 aromatic heterocycles. The molecule has 0 atom stereocenters. The molecule has 0 unspecified atom stereocenters. The summed E-state index contributed by atoms with van der Waals surface area (Å²) in [6, 6.07) is 5.07. The SMILES string of the molecule is COCCN1CC2(CCN(C(=O)CC3(O)CCC3)CC2)c2cc(F)ccc21. The number of nitrogens with zero attached hydrogens (tertiary/aromatic N) is 2. The maximum atomic E-state index is 14.0. The summed E-state index contributed by atoms with van der Waals surface area (Å²) < 4.78 is 19.2. The van der Waals surface area contributed by atoms with E-state index in [9.17, 15) is 14.3 Å². The predicted octanol–water partition coefficient (Wildman–Crippen LogP) is 2.46. The highest BCUT2D eigenvalue weighted by molar-refractivity contribution is 5.77. The zero-order chi connectivity index (χ0) is 19.1. The van der Waals surface area contributed by atoms with E-state index >= 15 is 0 Å². The number of hydrogen-bond acceptors (Lipinski definition) is 4. The zero-order valence-corrected chi connectivity index (χ0v) is 16.0. The van der Waals surface area contributed by atoms with Crippen LogP contribution in [0.25, 0.3) is 0 Å². The smallest absolute Gasteiger partial charge is 0.225 e. The number of methoxy groups -OCH3 is 1. The molecule has 2 fully saturated rings. The van der Waals surface area contributed by atoms with Gasteiger partial charge in [-0.2, -0.15) is 0 Å². The number of carbonyl (C=O) groups is 1. The summed E-state index contributed by atoms with van der Waals surface area (Å²) in [5.41, 5.74) is 1.29. The second-order valence-corrected chi connectivity index (χ2v) is 8.49. The second kappa shape index (κ2) is 7.06. The number of anilines is 1. The van der Waals surface area contributed by atoms with Crippen molar-refractivity contribution in [2.24, 2.45) is 0 Å². The van der Waals surface area contributed by atoms with Crippen molar-refractivity contribution in [3.63, 3.8) is 0 Å². The fourth-order valence-corrected chi connectivity index (χ4v) is 4.91. The van der Waals surface area contributed by atoms with Gasteiger partial charge in [-0.1, -0.05) is 0 Å². The van der Waals surface area contributed by atoms with Crippen LogP contribution in [0.2, 0.25) is 0 Å². The first-order valence-corrected chi connectivity index (χ1v) is 9.99. The third-order valence-corrected chi connectivity index (χ3v) is 6.77. The molecule has 1 aliphatic carbocycles. The highest BCUT2D eigenvalue weighted by Gasteiger charge is 2.46. The fraction of sp³-hybridized carbons (Fsp3) is 0.667. The number of amides is 1. The van der Waals surface area contributed by atoms with Crippen molar-refractivity contribution in [2.45, 2.75) is 49.5 Å². The average molecular weight is 376 g/mol. The first kappa shape index (κ1) is 18.7. The molecule has 148 valence electrons. The Morgan fingerprint density at radius 2 is 2.00 bits per heavy atom. The molecular formula is C21H29FN2O3. The first-order valence-electron chi connectivity index (χ1n) is 9.99. The van der Waals surface area contributed by atoms with Gasteiger partial charge < -0.3 is 19.6 Å². The lowest BCUT2D eigenvalue weighted by atomic mass is 9.73. The van der Waals surface area contributed by atoms with Crippen LogP contribution >= 0.6 is 0 Å². The van der Waals surface area contributed by atoms with Crippen molar-refractivity contribution in [3.05, 3.63) is 29.6 Å². The Morgan fingerprint density at radius 3 is 2.63 bits per heavy atom. The molecule has 1 amide bonds. The molecule has 0 radical (unpaired) electrons. The third kappa shape index (κ3) is 3.45. The van der Waals surface area contributed by atoms with Crippen LogP contribution in [0.3, 0.4) is 0 Å². The fourth-order valence-electron chi connectivity index (χ4n) is 4.91. The van der Waals surface area contributed by atoms with Crippen LogP contribution in [-0.2, 0) is 14.9 Å². The summed E-state index contributed by atoms with van der Waals surface area (Å²) in [6.07, 6.45) is 4.38. The van der Waals surface area contributed by atoms with E-state index in [1.165, 1.54) is 6.07 Å². The quantitative estimate of drug-likeness (QED) is 0.858. The Balaban J connectivity index is 1.47. The summed E-state index contributed by atoms with van der Waals surface area (Å²) in [4.78, 5) is 16.8. The third-order valence-electron chi connectivity index (χ3n) is 6.77. The molecule has 3 aliphatic rings. The van der Waals surface area contributed by atoms with Gasteiger partial charge in [0.2, 0.25) is 5.91 Å². The van der Waals surface area contributed by atoms with Crippen molar-refractivity contribution < 1.29 is 19.0 Å². The van der Waals surface area contributed by atoms with Crippen molar-refractivity contribution >= 4 is 11.6 Å². The van der Waals surface area contributed by atoms with Gasteiger partial charge in [-0.3, -0.25) is 4.79 Å². The molecule has 0 bridgehead atoms. The molecule has 4 rings (SSSR count). The van der Waals surface area contributed by atoms with Crippen LogP contribution in [-0.4, -0.2) is 61.4 Å². The Labute approximate surface area is 160 Å². The molecule has 6 heteroatoms. The molecule has 1 aromatic rings. The van der Waals surface area contributed by atoms with Gasteiger partial charge in [0, 0.05) is 44.4 Å². The van der Waals surface area contributed by atoms with Gasteiger partial charge in [-0.15, -0.1) is 0 Å². The molecule has 5 nitrogen and oxygen atoms in total. The van der Waals surface area contributed by atoms with E-state index < -0.39 is 5.60 Å². The molecule has 2 heterocycles. The van der Waals surface area contributed by atoms with E-state index in [-0.39, 0.29) is 23.6 Å². The number of halogens is 1. The summed E-state index contributed by atoms with van der Waals surface area (Å²) in [5.74, 6) is -0.145. The minimum absolute atomic E-state index is 0.0563. The molecule has 1 spiro atoms. The van der Waals surface area contributed by atoms with E-state index in [0.717, 1.165) is 56.4 Å². The molecule has 1 aromatic carbocycles. The van der Waals surface area contributed by atoms with Gasteiger partial charge in [0.25, 0.3) is 0 Å². The predicted molar refractivity (Wildman–Crippen MR) is 101 cm³/mol. The molecule has 2 aliphatic heterocycles. The summed E-state index contributed by atoms with van der Waals surface area (Å²) >= 11 is 0. The summed E-state index contributed by atoms with van der Waals surface area (Å²) in [7, 11) is 1.69. The number of rotatable bonds is 5. The van der Waals surface area contributed by atoms with Crippen LogP contribution in [0.15, 0.2) is 18.2 Å². The monoisotopic (exact) mass is 376 g/mol. The van der Waals surface area contributed by atoms with E-state index in [2.05, 4.69) is 4.90 Å². The topological polar surface area (TPSA) is 53.0 Å². The van der Waals surface area contributed by atoms with E-state index in [1.807, 2.05) is 11.0 Å². The van der Waals surface area contributed by atoms with Crippen molar-refractivity contribution in [1.82, 2.24) is 4.90 Å². The zero-order valence-electron chi connectivity index (χ0n) is 16.0.